The third kappa shape index (κ3) is 31.3. The van der Waals surface area contributed by atoms with Crippen molar-refractivity contribution in [3.63, 3.8) is 0 Å². The van der Waals surface area contributed by atoms with Gasteiger partial charge in [-0.05, 0) is 13.8 Å². The molecule has 0 radical (unpaired) electrons. The maximum atomic E-state index is 9.60. The van der Waals surface area contributed by atoms with Crippen LogP contribution in [0, 0.1) is 17.7 Å². The first kappa shape index (κ1) is 21.5. The molecule has 1 aromatic rings. The molecule has 0 spiro atoms. The van der Waals surface area contributed by atoms with Crippen LogP contribution in [0.15, 0.2) is 42.5 Å². The quantitative estimate of drug-likeness (QED) is 0.410. The topological polar surface area (TPSA) is 119 Å². The van der Waals surface area contributed by atoms with Gasteiger partial charge in [0.05, 0.1) is 0 Å². The Morgan fingerprint density at radius 3 is 1.53 bits per heavy atom. The van der Waals surface area contributed by atoms with E-state index in [-0.39, 0.29) is 5.57 Å². The van der Waals surface area contributed by atoms with Crippen LogP contribution in [0.5, 0.6) is 0 Å². The molecule has 0 aliphatic heterocycles. The van der Waals surface area contributed by atoms with Crippen molar-refractivity contribution in [2.75, 3.05) is 0 Å². The number of carbonyl (C=O) groups is 1. The van der Waals surface area contributed by atoms with E-state index in [0.29, 0.717) is 0 Å². The average Bonchev–Trinajstić information content (AvgIpc) is 2.32. The molecule has 1 aromatic carbocycles. The Bertz CT molecular complexity index is 405. The highest BCUT2D eigenvalue weighted by molar-refractivity contribution is 5.84. The molecule has 0 saturated heterocycles. The Hall–Kier alpha value is -2.81. The predicted molar refractivity (Wildman–Crippen MR) is 70.5 cm³/mol. The third-order valence-electron chi connectivity index (χ3n) is 1.31. The highest BCUT2D eigenvalue weighted by Gasteiger charge is 1.90. The normalized spacial score (nSPS) is 6.42. The van der Waals surface area contributed by atoms with Crippen molar-refractivity contribution in [3.8, 4) is 0 Å². The van der Waals surface area contributed by atoms with E-state index in [1.807, 2.05) is 18.2 Å². The SMILES string of the molecule is C=C(C)C(=O)O.Cc1ccccc1.N=C=O.N=C=O. The minimum absolute atomic E-state index is 0.176. The summed E-state index contributed by atoms with van der Waals surface area (Å²) in [6.07, 6.45) is 1.50. The fourth-order valence-corrected chi connectivity index (χ4v) is 0.534. The average molecular weight is 264 g/mol. The van der Waals surface area contributed by atoms with Gasteiger partial charge in [0, 0.05) is 5.57 Å². The third-order valence-corrected chi connectivity index (χ3v) is 1.31. The molecule has 6 heteroatoms. The van der Waals surface area contributed by atoms with Crippen molar-refractivity contribution in [3.05, 3.63) is 48.0 Å². The molecule has 19 heavy (non-hydrogen) atoms. The van der Waals surface area contributed by atoms with Crippen molar-refractivity contribution in [2.24, 2.45) is 0 Å². The predicted octanol–water partition coefficient (Wildman–Crippen LogP) is 2.44. The minimum atomic E-state index is -0.935. The lowest BCUT2D eigenvalue weighted by Crippen LogP contribution is -1.92. The molecule has 0 saturated carbocycles. The summed E-state index contributed by atoms with van der Waals surface area (Å²) in [6, 6.07) is 10.3. The number of hydrogen-bond donors (Lipinski definition) is 3. The van der Waals surface area contributed by atoms with Gasteiger partial charge in [-0.2, -0.15) is 0 Å². The monoisotopic (exact) mass is 264 g/mol. The number of isocyanates is 2. The number of carboxylic acids is 1. The molecule has 0 fully saturated rings. The number of aliphatic carboxylic acids is 1. The van der Waals surface area contributed by atoms with Crippen molar-refractivity contribution in [1.29, 1.82) is 10.8 Å². The molecule has 3 N–H and O–H groups in total. The lowest BCUT2D eigenvalue weighted by Gasteiger charge is -1.82. The lowest BCUT2D eigenvalue weighted by molar-refractivity contribution is -0.132. The van der Waals surface area contributed by atoms with Crippen LogP contribution in [-0.4, -0.2) is 23.2 Å². The smallest absolute Gasteiger partial charge is 0.330 e. The van der Waals surface area contributed by atoms with Gasteiger partial charge < -0.3 is 5.11 Å². The first-order valence-corrected chi connectivity index (χ1v) is 4.85. The van der Waals surface area contributed by atoms with Crippen LogP contribution < -0.4 is 0 Å². The number of benzene rings is 1. The molecule has 0 aromatic heterocycles. The number of hydrogen-bond acceptors (Lipinski definition) is 5. The highest BCUT2D eigenvalue weighted by Crippen LogP contribution is 1.92. The molecule has 0 unspecified atom stereocenters. The van der Waals surface area contributed by atoms with Gasteiger partial charge in [-0.1, -0.05) is 42.5 Å². The van der Waals surface area contributed by atoms with Gasteiger partial charge in [0.25, 0.3) is 0 Å². The van der Waals surface area contributed by atoms with Gasteiger partial charge in [-0.3, -0.25) is 0 Å². The molecular weight excluding hydrogens is 248 g/mol. The number of carboxylic acid groups (broad SMARTS) is 1. The summed E-state index contributed by atoms with van der Waals surface area (Å²) in [7, 11) is 0. The molecule has 0 aliphatic rings. The Morgan fingerprint density at radius 1 is 1.16 bits per heavy atom. The number of rotatable bonds is 1. The second-order valence-corrected chi connectivity index (χ2v) is 2.94. The van der Waals surface area contributed by atoms with Crippen LogP contribution in [0.25, 0.3) is 0 Å². The molecule has 1 rings (SSSR count). The zero-order valence-corrected chi connectivity index (χ0v) is 10.8. The van der Waals surface area contributed by atoms with Gasteiger partial charge in [0.2, 0.25) is 12.2 Å². The molecule has 0 heterocycles. The zero-order valence-electron chi connectivity index (χ0n) is 10.8. The van der Waals surface area contributed by atoms with Crippen LogP contribution >= 0.6 is 0 Å². The first-order valence-electron chi connectivity index (χ1n) is 4.85. The van der Waals surface area contributed by atoms with Gasteiger partial charge in [-0.25, -0.2) is 25.2 Å². The Balaban J connectivity index is -0.000000195. The van der Waals surface area contributed by atoms with E-state index in [0.717, 1.165) is 12.2 Å². The second kappa shape index (κ2) is 17.6. The summed E-state index contributed by atoms with van der Waals surface area (Å²) in [5, 5.41) is 18.7. The van der Waals surface area contributed by atoms with Gasteiger partial charge in [-0.15, -0.1) is 0 Å². The maximum Gasteiger partial charge on any atom is 0.330 e. The van der Waals surface area contributed by atoms with Crippen molar-refractivity contribution in [1.82, 2.24) is 0 Å². The van der Waals surface area contributed by atoms with E-state index in [9.17, 15) is 4.79 Å². The Kier molecular flexibility index (Phi) is 19.9. The Morgan fingerprint density at radius 2 is 1.42 bits per heavy atom. The molecule has 102 valence electrons. The summed E-state index contributed by atoms with van der Waals surface area (Å²) in [5.74, 6) is -0.935. The van der Waals surface area contributed by atoms with E-state index in [2.05, 4.69) is 25.6 Å². The van der Waals surface area contributed by atoms with Gasteiger partial charge in [0.15, 0.2) is 0 Å². The van der Waals surface area contributed by atoms with Gasteiger partial charge in [0.1, 0.15) is 0 Å². The van der Waals surface area contributed by atoms with Crippen molar-refractivity contribution in [2.45, 2.75) is 13.8 Å². The van der Waals surface area contributed by atoms with E-state index in [4.69, 9.17) is 25.5 Å². The van der Waals surface area contributed by atoms with Crippen molar-refractivity contribution < 1.29 is 19.5 Å². The summed E-state index contributed by atoms with van der Waals surface area (Å²) >= 11 is 0. The molecule has 0 bridgehead atoms. The van der Waals surface area contributed by atoms with E-state index < -0.39 is 5.97 Å². The lowest BCUT2D eigenvalue weighted by atomic mass is 10.2. The minimum Gasteiger partial charge on any atom is -0.478 e. The van der Waals surface area contributed by atoms with Crippen LogP contribution in [0.3, 0.4) is 0 Å². The summed E-state index contributed by atoms with van der Waals surface area (Å²) in [4.78, 5) is 26.3. The van der Waals surface area contributed by atoms with Gasteiger partial charge >= 0.3 is 5.97 Å². The highest BCUT2D eigenvalue weighted by atomic mass is 16.4. The van der Waals surface area contributed by atoms with E-state index in [1.54, 1.807) is 0 Å². The summed E-state index contributed by atoms with van der Waals surface area (Å²) in [6.45, 7) is 6.69. The Labute approximate surface area is 111 Å². The van der Waals surface area contributed by atoms with Crippen LogP contribution in [0.2, 0.25) is 0 Å². The van der Waals surface area contributed by atoms with E-state index in [1.165, 1.54) is 12.5 Å². The molecule has 6 nitrogen and oxygen atoms in total. The standard InChI is InChI=1S/C7H8.C4H6O2.2CHNO/c1-7-5-3-2-4-6-7;1-3(2)4(5)6;2*2-1-3/h2-6H,1H3;1H2,2H3,(H,5,6);2*2H. The van der Waals surface area contributed by atoms with Crippen LogP contribution in [-0.2, 0) is 14.4 Å². The molecule has 0 aliphatic carbocycles. The van der Waals surface area contributed by atoms with Crippen molar-refractivity contribution >= 4 is 18.1 Å². The molecule has 0 atom stereocenters. The summed E-state index contributed by atoms with van der Waals surface area (Å²) < 4.78 is 0. The number of carbonyl (C=O) groups excluding carboxylic acids is 2. The van der Waals surface area contributed by atoms with Crippen LogP contribution in [0.4, 0.5) is 0 Å². The number of aryl methyl sites for hydroxylation is 1. The molecule has 0 amide bonds. The number of nitrogens with one attached hydrogen (secondary N) is 2. The maximum absolute atomic E-state index is 9.60. The van der Waals surface area contributed by atoms with Crippen LogP contribution in [0.1, 0.15) is 12.5 Å². The zero-order chi connectivity index (χ0) is 15.7. The largest absolute Gasteiger partial charge is 0.478 e. The fraction of sp³-hybridized carbons (Fsp3) is 0.154. The first-order chi connectivity index (χ1) is 8.87. The molecular formula is C13H16N2O4. The van der Waals surface area contributed by atoms with E-state index >= 15 is 0 Å². The fourth-order valence-electron chi connectivity index (χ4n) is 0.534. The second-order valence-electron chi connectivity index (χ2n) is 2.94. The summed E-state index contributed by atoms with van der Waals surface area (Å²) in [5.41, 5.74) is 1.50.